The van der Waals surface area contributed by atoms with E-state index in [1.165, 1.54) is 205 Å². The Morgan fingerprint density at radius 1 is 0.385 bits per heavy atom. The molecule has 5 heteroatoms. The van der Waals surface area contributed by atoms with Crippen LogP contribution in [0.5, 0.6) is 0 Å². The van der Waals surface area contributed by atoms with E-state index in [1.807, 2.05) is 0 Å². The molecule has 0 fully saturated rings. The van der Waals surface area contributed by atoms with Crippen LogP contribution in [0.3, 0.4) is 0 Å². The standard InChI is InChI=1S/C47H92O5/c1-4-5-6-7-8-9-10-11-12-13-14-15-19-22-25-28-31-34-37-40-46(49)51-42-45(48)43-52-47(50)41-38-35-32-29-26-23-20-17-16-18-21-24-27-30-33-36-39-44(2)3/h44-45,48H,4-43H2,1-3H3/t45-/m0/s1. The van der Waals surface area contributed by atoms with E-state index in [1.54, 1.807) is 0 Å². The molecule has 0 saturated carbocycles. The van der Waals surface area contributed by atoms with Crippen molar-refractivity contribution in [3.05, 3.63) is 0 Å². The summed E-state index contributed by atoms with van der Waals surface area (Å²) in [5, 5.41) is 10.1. The molecule has 0 aromatic heterocycles. The van der Waals surface area contributed by atoms with Gasteiger partial charge in [-0.3, -0.25) is 9.59 Å². The van der Waals surface area contributed by atoms with Gasteiger partial charge in [0.1, 0.15) is 19.3 Å². The fourth-order valence-corrected chi connectivity index (χ4v) is 7.22. The second-order valence-electron chi connectivity index (χ2n) is 16.7. The van der Waals surface area contributed by atoms with Crippen LogP contribution in [0.15, 0.2) is 0 Å². The minimum absolute atomic E-state index is 0.107. The van der Waals surface area contributed by atoms with Crippen molar-refractivity contribution in [2.75, 3.05) is 13.2 Å². The van der Waals surface area contributed by atoms with Crippen molar-refractivity contribution in [2.45, 2.75) is 271 Å². The molecule has 0 bridgehead atoms. The Kier molecular flexibility index (Phi) is 41.7. The first-order valence-electron chi connectivity index (χ1n) is 23.4. The van der Waals surface area contributed by atoms with E-state index in [0.717, 1.165) is 31.6 Å². The number of unbranched alkanes of at least 4 members (excludes halogenated alkanes) is 33. The van der Waals surface area contributed by atoms with Gasteiger partial charge in [-0.25, -0.2) is 0 Å². The van der Waals surface area contributed by atoms with Gasteiger partial charge in [-0.1, -0.05) is 239 Å². The molecule has 1 atom stereocenters. The highest BCUT2D eigenvalue weighted by Gasteiger charge is 2.12. The zero-order valence-electron chi connectivity index (χ0n) is 35.5. The van der Waals surface area contributed by atoms with Crippen molar-refractivity contribution in [3.8, 4) is 0 Å². The summed E-state index contributed by atoms with van der Waals surface area (Å²) in [4.78, 5) is 24.0. The first kappa shape index (κ1) is 50.9. The van der Waals surface area contributed by atoms with Crippen LogP contribution in [0.2, 0.25) is 0 Å². The quantitative estimate of drug-likeness (QED) is 0.0498. The highest BCUT2D eigenvalue weighted by atomic mass is 16.6. The number of esters is 2. The summed E-state index contributed by atoms with van der Waals surface area (Å²) >= 11 is 0. The lowest BCUT2D eigenvalue weighted by molar-refractivity contribution is -0.152. The molecule has 0 saturated heterocycles. The van der Waals surface area contributed by atoms with Gasteiger partial charge in [0, 0.05) is 12.8 Å². The van der Waals surface area contributed by atoms with Crippen LogP contribution in [-0.2, 0) is 19.1 Å². The molecule has 0 unspecified atom stereocenters. The van der Waals surface area contributed by atoms with E-state index in [2.05, 4.69) is 20.8 Å². The van der Waals surface area contributed by atoms with Crippen LogP contribution in [0.1, 0.15) is 265 Å². The van der Waals surface area contributed by atoms with Crippen molar-refractivity contribution in [1.82, 2.24) is 0 Å². The summed E-state index contributed by atoms with van der Waals surface area (Å²) in [6, 6.07) is 0. The van der Waals surface area contributed by atoms with Crippen LogP contribution in [-0.4, -0.2) is 36.4 Å². The van der Waals surface area contributed by atoms with Crippen LogP contribution < -0.4 is 0 Å². The van der Waals surface area contributed by atoms with Crippen molar-refractivity contribution in [2.24, 2.45) is 5.92 Å². The van der Waals surface area contributed by atoms with Gasteiger partial charge in [-0.2, -0.15) is 0 Å². The second kappa shape index (κ2) is 42.6. The molecule has 0 heterocycles. The second-order valence-corrected chi connectivity index (χ2v) is 16.7. The molecule has 310 valence electrons. The molecule has 0 aliphatic carbocycles. The Bertz CT molecular complexity index is 723. The average molecular weight is 737 g/mol. The van der Waals surface area contributed by atoms with Crippen LogP contribution in [0.4, 0.5) is 0 Å². The van der Waals surface area contributed by atoms with Crippen LogP contribution in [0, 0.1) is 5.92 Å². The predicted molar refractivity (Wildman–Crippen MR) is 224 cm³/mol. The molecular formula is C47H92O5. The largest absolute Gasteiger partial charge is 0.463 e. The Labute approximate surface area is 325 Å². The third-order valence-corrected chi connectivity index (χ3v) is 10.8. The first-order chi connectivity index (χ1) is 25.5. The Balaban J connectivity index is 3.35. The van der Waals surface area contributed by atoms with Gasteiger partial charge in [0.05, 0.1) is 0 Å². The summed E-state index contributed by atoms with van der Waals surface area (Å²) in [7, 11) is 0. The van der Waals surface area contributed by atoms with Gasteiger partial charge in [0.15, 0.2) is 0 Å². The Morgan fingerprint density at radius 2 is 0.615 bits per heavy atom. The number of aliphatic hydroxyl groups excluding tert-OH is 1. The van der Waals surface area contributed by atoms with E-state index < -0.39 is 6.10 Å². The average Bonchev–Trinajstić information content (AvgIpc) is 3.13. The lowest BCUT2D eigenvalue weighted by atomic mass is 10.0. The zero-order valence-corrected chi connectivity index (χ0v) is 35.5. The van der Waals surface area contributed by atoms with E-state index >= 15 is 0 Å². The Morgan fingerprint density at radius 3 is 0.865 bits per heavy atom. The van der Waals surface area contributed by atoms with Crippen molar-refractivity contribution in [3.63, 3.8) is 0 Å². The molecule has 0 aliphatic rings. The molecule has 0 aliphatic heterocycles. The lowest BCUT2D eigenvalue weighted by Gasteiger charge is -2.12. The minimum atomic E-state index is -0.956. The number of carbonyl (C=O) groups excluding carboxylic acids is 2. The van der Waals surface area contributed by atoms with Gasteiger partial charge >= 0.3 is 11.9 Å². The Hall–Kier alpha value is -1.10. The molecule has 0 spiro atoms. The van der Waals surface area contributed by atoms with Crippen LogP contribution >= 0.6 is 0 Å². The number of rotatable bonds is 43. The number of carbonyl (C=O) groups is 2. The number of ether oxygens (including phenoxy) is 2. The summed E-state index contributed by atoms with van der Waals surface area (Å²) in [6.45, 7) is 6.72. The van der Waals surface area contributed by atoms with E-state index in [9.17, 15) is 14.7 Å². The highest BCUT2D eigenvalue weighted by molar-refractivity contribution is 5.69. The molecular weight excluding hydrogens is 645 g/mol. The monoisotopic (exact) mass is 737 g/mol. The molecule has 5 nitrogen and oxygen atoms in total. The predicted octanol–water partition coefficient (Wildman–Crippen LogP) is 14.9. The molecule has 0 aromatic carbocycles. The molecule has 0 radical (unpaired) electrons. The highest BCUT2D eigenvalue weighted by Crippen LogP contribution is 2.17. The van der Waals surface area contributed by atoms with Gasteiger partial charge in [-0.05, 0) is 18.8 Å². The molecule has 1 N–H and O–H groups in total. The lowest BCUT2D eigenvalue weighted by Crippen LogP contribution is -2.25. The number of aliphatic hydroxyl groups is 1. The summed E-state index contributed by atoms with van der Waals surface area (Å²) < 4.78 is 10.4. The minimum Gasteiger partial charge on any atom is -0.463 e. The van der Waals surface area contributed by atoms with Crippen molar-refractivity contribution < 1.29 is 24.2 Å². The van der Waals surface area contributed by atoms with E-state index in [4.69, 9.17) is 9.47 Å². The molecule has 0 aromatic rings. The third-order valence-electron chi connectivity index (χ3n) is 10.8. The van der Waals surface area contributed by atoms with Gasteiger partial charge in [0.25, 0.3) is 0 Å². The van der Waals surface area contributed by atoms with Crippen LogP contribution in [0.25, 0.3) is 0 Å². The van der Waals surface area contributed by atoms with Gasteiger partial charge < -0.3 is 14.6 Å². The maximum atomic E-state index is 12.0. The number of hydrogen-bond acceptors (Lipinski definition) is 5. The van der Waals surface area contributed by atoms with Gasteiger partial charge in [-0.15, -0.1) is 0 Å². The summed E-state index contributed by atoms with van der Waals surface area (Å²) in [6.07, 6.45) is 47.5. The van der Waals surface area contributed by atoms with Crippen molar-refractivity contribution >= 4 is 11.9 Å². The topological polar surface area (TPSA) is 72.8 Å². The van der Waals surface area contributed by atoms with E-state index in [0.29, 0.717) is 12.8 Å². The SMILES string of the molecule is CCCCCCCCCCCCCCCCCCCCCC(=O)OC[C@H](O)COC(=O)CCCCCCCCCCCCCCCCCCC(C)C. The van der Waals surface area contributed by atoms with Gasteiger partial charge in [0.2, 0.25) is 0 Å². The normalized spacial score (nSPS) is 12.1. The fourth-order valence-electron chi connectivity index (χ4n) is 7.22. The maximum absolute atomic E-state index is 12.0. The molecule has 0 amide bonds. The first-order valence-corrected chi connectivity index (χ1v) is 23.4. The smallest absolute Gasteiger partial charge is 0.305 e. The third kappa shape index (κ3) is 43.3. The zero-order chi connectivity index (χ0) is 38.0. The fraction of sp³-hybridized carbons (Fsp3) is 0.957. The summed E-state index contributed by atoms with van der Waals surface area (Å²) in [5.74, 6) is 0.314. The van der Waals surface area contributed by atoms with E-state index in [-0.39, 0.29) is 25.2 Å². The number of hydrogen-bond donors (Lipinski definition) is 1. The summed E-state index contributed by atoms with van der Waals surface area (Å²) in [5.41, 5.74) is 0. The van der Waals surface area contributed by atoms with Crippen molar-refractivity contribution in [1.29, 1.82) is 0 Å². The molecule has 0 rings (SSSR count). The molecule has 52 heavy (non-hydrogen) atoms. The maximum Gasteiger partial charge on any atom is 0.305 e.